The Labute approximate surface area is 854 Å². The minimum Gasteiger partial charge on any atom is -0.497 e. The number of benzene rings is 4. The average molecular weight is 1950 g/mol. The van der Waals surface area contributed by atoms with Gasteiger partial charge in [0.05, 0.1) is 102 Å². The summed E-state index contributed by atoms with van der Waals surface area (Å²) in [5.41, 5.74) is 32.6. The van der Waals surface area contributed by atoms with E-state index in [9.17, 15) is 10.1 Å². The zero-order valence-electron chi connectivity index (χ0n) is 81.7. The Balaban J connectivity index is 0.000000141. The molecule has 0 radical (unpaired) electrons. The molecular weight excluding hydrogens is 1840 g/mol. The molecule has 4 aromatic carbocycles. The predicted molar refractivity (Wildman–Crippen MR) is 601 cm³/mol. The second-order valence-electron chi connectivity index (χ2n) is 34.7. The van der Waals surface area contributed by atoms with Crippen molar-refractivity contribution in [2.75, 3.05) is 13.7 Å². The van der Waals surface area contributed by atoms with E-state index in [0.29, 0.717) is 23.3 Å². The second-order valence-corrected chi connectivity index (χ2v) is 40.3. The van der Waals surface area contributed by atoms with Crippen molar-refractivity contribution in [3.8, 4) is 133 Å². The molecular formula is C124H116N10O3S5. The predicted octanol–water partition coefficient (Wildman–Crippen LogP) is 35.6. The first-order chi connectivity index (χ1) is 68.8. The highest BCUT2D eigenvalue weighted by molar-refractivity contribution is 7.17. The van der Waals surface area contributed by atoms with Gasteiger partial charge in [-0.05, 0) is 308 Å². The summed E-state index contributed by atoms with van der Waals surface area (Å²) < 4.78 is 21.8. The van der Waals surface area contributed by atoms with E-state index in [4.69, 9.17) is 30.5 Å². The van der Waals surface area contributed by atoms with Crippen molar-refractivity contribution in [2.45, 2.75) is 148 Å². The van der Waals surface area contributed by atoms with E-state index in [2.05, 4.69) is 320 Å². The van der Waals surface area contributed by atoms with Crippen LogP contribution in [0, 0.1) is 77.4 Å². The number of ether oxygens (including phenoxy) is 2. The van der Waals surface area contributed by atoms with E-state index in [1.807, 2.05) is 123 Å². The van der Waals surface area contributed by atoms with Gasteiger partial charge in [0.1, 0.15) is 5.75 Å². The summed E-state index contributed by atoms with van der Waals surface area (Å²) in [6.07, 6.45) is 32.4. The van der Waals surface area contributed by atoms with Gasteiger partial charge < -0.3 is 31.5 Å². The molecule has 15 heterocycles. The number of nitriles is 5. The number of hydrogen-bond acceptors (Lipinski definition) is 13. The van der Waals surface area contributed by atoms with E-state index in [0.717, 1.165) is 81.3 Å². The number of carbonyl (C=O) groups is 1. The molecule has 0 aliphatic carbocycles. The molecule has 0 bridgehead atoms. The van der Waals surface area contributed by atoms with Gasteiger partial charge in [-0.3, -0.25) is 0 Å². The summed E-state index contributed by atoms with van der Waals surface area (Å²) in [5.74, 6) is 0.525. The van der Waals surface area contributed by atoms with Crippen molar-refractivity contribution < 1.29 is 14.3 Å². The van der Waals surface area contributed by atoms with Gasteiger partial charge in [0, 0.05) is 133 Å². The first-order valence-corrected chi connectivity index (χ1v) is 51.8. The maximum Gasteiger partial charge on any atom is 0.340 e. The topological polar surface area (TPSA) is 177 Å². The lowest BCUT2D eigenvalue weighted by atomic mass is 9.96. The SMILES string of the molecule is C.C/C(C#N)=C/c1ccc(-c2c(-c3ccccc3)c(C)c3ccccn23)s1.CCCCCCc1c(-c2ccccc2)c(-c2ccc(/C=C(/C)C#N)s2)n2ccc(C)cc12.CCCCCCc1c(-c2ccccc2)c(-c2ccc(/C=C(/C)C#N)s2)n2ccccc12.CCOC(=O)c1cc2ccccn2c1-c1ccc(/C=C(/C)C#N)s1.COc1ccc(-c2c(C)c3ccccn3c2-c2ccc(/C=C(/C)C#N)s2)cc1. The van der Waals surface area contributed by atoms with Crippen LogP contribution in [0.4, 0.5) is 0 Å². The normalized spacial score (nSPS) is 11.6. The molecule has 0 fully saturated rings. The fourth-order valence-electron chi connectivity index (χ4n) is 18.0. The van der Waals surface area contributed by atoms with Crippen molar-refractivity contribution in [2.24, 2.45) is 0 Å². The molecule has 710 valence electrons. The molecule has 15 aromatic heterocycles. The lowest BCUT2D eigenvalue weighted by Crippen LogP contribution is -2.05. The molecule has 0 aliphatic heterocycles. The van der Waals surface area contributed by atoms with Gasteiger partial charge in [0.15, 0.2) is 0 Å². The number of aryl methyl sites for hydroxylation is 5. The lowest BCUT2D eigenvalue weighted by molar-refractivity contribution is 0.0527. The third-order valence-electron chi connectivity index (χ3n) is 24.6. The van der Waals surface area contributed by atoms with Gasteiger partial charge in [0.25, 0.3) is 0 Å². The number of thiophene rings is 5. The highest BCUT2D eigenvalue weighted by Crippen LogP contribution is 2.49. The van der Waals surface area contributed by atoms with Crippen molar-refractivity contribution >= 4 is 121 Å². The fourth-order valence-corrected chi connectivity index (χ4v) is 23.3. The smallest absolute Gasteiger partial charge is 0.340 e. The van der Waals surface area contributed by atoms with Crippen molar-refractivity contribution in [3.63, 3.8) is 0 Å². The summed E-state index contributed by atoms with van der Waals surface area (Å²) >= 11 is 8.47. The Morgan fingerprint density at radius 2 is 0.655 bits per heavy atom. The number of carbonyl (C=O) groups excluding carboxylic acids is 1. The van der Waals surface area contributed by atoms with E-state index in [1.54, 1.807) is 77.6 Å². The molecule has 142 heavy (non-hydrogen) atoms. The Morgan fingerprint density at radius 1 is 0.331 bits per heavy atom. The minimum atomic E-state index is -0.324. The summed E-state index contributed by atoms with van der Waals surface area (Å²) in [4.78, 5) is 23.6. The van der Waals surface area contributed by atoms with Crippen LogP contribution in [0.25, 0.3) is 155 Å². The van der Waals surface area contributed by atoms with Crippen molar-refractivity contribution in [3.05, 3.63) is 384 Å². The zero-order chi connectivity index (χ0) is 99.0. The molecule has 13 nitrogen and oxygen atoms in total. The average Bonchev–Trinajstić information content (AvgIpc) is 1.60. The van der Waals surface area contributed by atoms with Crippen LogP contribution in [-0.4, -0.2) is 41.7 Å². The Kier molecular flexibility index (Phi) is 35.3. The number of aromatic nitrogens is 5. The van der Waals surface area contributed by atoms with Gasteiger partial charge >= 0.3 is 5.97 Å². The lowest BCUT2D eigenvalue weighted by Gasteiger charge is -2.08. The molecule has 0 aliphatic rings. The first kappa shape index (κ1) is 102. The van der Waals surface area contributed by atoms with Crippen LogP contribution in [0.3, 0.4) is 0 Å². The van der Waals surface area contributed by atoms with Gasteiger partial charge in [-0.15, -0.1) is 56.7 Å². The maximum atomic E-state index is 12.4. The van der Waals surface area contributed by atoms with Crippen LogP contribution in [0.5, 0.6) is 5.75 Å². The molecule has 0 atom stereocenters. The zero-order valence-corrected chi connectivity index (χ0v) is 85.8. The van der Waals surface area contributed by atoms with Crippen LogP contribution in [0.15, 0.2) is 326 Å². The number of esters is 1. The molecule has 0 spiro atoms. The van der Waals surface area contributed by atoms with Gasteiger partial charge in [-0.25, -0.2) is 4.79 Å². The Hall–Kier alpha value is -15.4. The van der Waals surface area contributed by atoms with E-state index < -0.39 is 0 Å². The van der Waals surface area contributed by atoms with Crippen LogP contribution in [0.1, 0.15) is 177 Å². The molecule has 0 saturated heterocycles. The highest BCUT2D eigenvalue weighted by Gasteiger charge is 2.28. The van der Waals surface area contributed by atoms with Crippen LogP contribution in [0.2, 0.25) is 0 Å². The molecule has 0 amide bonds. The first-order valence-electron chi connectivity index (χ1n) is 47.7. The number of pyridine rings is 5. The number of nitrogens with zero attached hydrogens (tertiary/aromatic N) is 10. The number of allylic oxidation sites excluding steroid dienone is 5. The molecule has 19 rings (SSSR count). The molecule has 0 saturated carbocycles. The largest absolute Gasteiger partial charge is 0.497 e. The second kappa shape index (κ2) is 48.9. The Bertz CT molecular complexity index is 8060. The maximum absolute atomic E-state index is 12.4. The summed E-state index contributed by atoms with van der Waals surface area (Å²) in [5, 5.41) is 45.4. The van der Waals surface area contributed by atoms with Crippen LogP contribution < -0.4 is 4.74 Å². The third kappa shape index (κ3) is 23.7. The molecule has 19 aromatic rings. The highest BCUT2D eigenvalue weighted by atomic mass is 32.1. The summed E-state index contributed by atoms with van der Waals surface area (Å²) in [6.45, 7) is 22.4. The fraction of sp³-hybridized carbons (Fsp3) is 0.194. The molecule has 0 unspecified atom stereocenters. The number of fused-ring (bicyclic) bond motifs is 5. The number of methoxy groups -OCH3 is 1. The molecule has 18 heteroatoms. The van der Waals surface area contributed by atoms with Crippen LogP contribution >= 0.6 is 56.7 Å². The van der Waals surface area contributed by atoms with Crippen LogP contribution in [-0.2, 0) is 17.6 Å². The van der Waals surface area contributed by atoms with Gasteiger partial charge in [-0.2, -0.15) is 26.3 Å². The number of rotatable bonds is 27. The molecule has 0 N–H and O–H groups in total. The van der Waals surface area contributed by atoms with Crippen molar-refractivity contribution in [1.29, 1.82) is 26.3 Å². The number of unbranched alkanes of at least 4 members (excludes halogenated alkanes) is 6. The van der Waals surface area contributed by atoms with Crippen molar-refractivity contribution in [1.82, 2.24) is 22.0 Å². The monoisotopic (exact) mass is 1950 g/mol. The minimum absolute atomic E-state index is 0. The van der Waals surface area contributed by atoms with E-state index in [1.165, 1.54) is 182 Å². The van der Waals surface area contributed by atoms with E-state index in [-0.39, 0.29) is 13.4 Å². The standard InChI is InChI=1S/C29H30N2S.C28H28N2S.C24H20N2OS.C23H18N2S.C19H16N2O2S.CH4/c1-4-5-6-10-13-25-26-19-21(2)16-17-31(26)29(28(25)23-11-8-7-9-12-23)27-15-14-24(32-27)18-22(3)20-30;1-3-4-5-9-14-24-25-15-10-11-18-30(25)28(27(24)22-12-7-6-8-13-22)26-17-16-23(31-26)19-21(2)20-29;1-16(15-25)14-20-11-12-22(28-20)24-23(18-7-9-19(27-3)10-8-18)17(2)21-6-4-5-13-26(21)24;1-16(15-24)14-19-11-12-21(26-19)23-22(18-8-4-3-5-9-18)17(2)20-10-6-7-13-25(20)23;1-3-23-19(22)16-11-14-6-4-5-9-21(14)18(16)17-8-7-15(24-17)10-13(2)12-20;/h7-9,11-12,14-19H,4-6,10,13H2,1-3H3;6-8,10-13,15-19H,3-5,9,14H2,1-2H3;4-14H,1-3H3;3-14H,1-2H3;4-11H,3H2,1-2H3;1H4/b22-18-;21-19-;2*16-14-;13-10-;. The van der Waals surface area contributed by atoms with E-state index >= 15 is 0 Å². The number of hydrogen-bond donors (Lipinski definition) is 0. The Morgan fingerprint density at radius 3 is 1.03 bits per heavy atom. The van der Waals surface area contributed by atoms with Gasteiger partial charge in [-0.1, -0.05) is 187 Å². The summed E-state index contributed by atoms with van der Waals surface area (Å²) in [6, 6.07) is 104. The quantitative estimate of drug-likeness (QED) is 0.0277. The summed E-state index contributed by atoms with van der Waals surface area (Å²) in [7, 11) is 1.68. The van der Waals surface area contributed by atoms with Gasteiger partial charge in [0.2, 0.25) is 0 Å². The third-order valence-corrected chi connectivity index (χ3v) is 29.8.